The fourth-order valence-electron chi connectivity index (χ4n) is 3.29. The standard InChI is InChI=1S/C20H22N2O3/c23-19(21-11-15-7-3-1-4-8-15)17-13-22(14-18(17)20(24)25)12-16-9-5-2-6-10-16/h1-10,17-18H,11-14H2,(H,21,23)(H,24,25)/t17-,18+/m0/s1. The van der Waals surface area contributed by atoms with Crippen molar-refractivity contribution in [1.29, 1.82) is 0 Å². The van der Waals surface area contributed by atoms with Gasteiger partial charge >= 0.3 is 5.97 Å². The Labute approximate surface area is 147 Å². The molecule has 5 nitrogen and oxygen atoms in total. The number of benzene rings is 2. The minimum absolute atomic E-state index is 0.188. The summed E-state index contributed by atoms with van der Waals surface area (Å²) in [7, 11) is 0. The number of carbonyl (C=O) groups is 2. The number of carboxylic acids is 1. The number of hydrogen-bond donors (Lipinski definition) is 2. The maximum absolute atomic E-state index is 12.5. The van der Waals surface area contributed by atoms with Gasteiger partial charge in [-0.05, 0) is 11.1 Å². The normalized spacial score (nSPS) is 20.3. The molecule has 130 valence electrons. The van der Waals surface area contributed by atoms with Crippen LogP contribution in [0.15, 0.2) is 60.7 Å². The van der Waals surface area contributed by atoms with E-state index in [2.05, 4.69) is 5.32 Å². The Bertz CT molecular complexity index is 718. The van der Waals surface area contributed by atoms with E-state index in [0.29, 0.717) is 26.2 Å². The van der Waals surface area contributed by atoms with Gasteiger partial charge in [-0.2, -0.15) is 0 Å². The summed E-state index contributed by atoms with van der Waals surface area (Å²) in [5.74, 6) is -2.29. The Morgan fingerprint density at radius 1 is 0.920 bits per heavy atom. The highest BCUT2D eigenvalue weighted by Gasteiger charge is 2.41. The SMILES string of the molecule is O=C(NCc1ccccc1)[C@H]1CN(Cc2ccccc2)C[C@H]1C(=O)O. The highest BCUT2D eigenvalue weighted by atomic mass is 16.4. The Hall–Kier alpha value is -2.66. The van der Waals surface area contributed by atoms with Crippen molar-refractivity contribution in [1.82, 2.24) is 10.2 Å². The average molecular weight is 338 g/mol. The zero-order valence-electron chi connectivity index (χ0n) is 14.0. The summed E-state index contributed by atoms with van der Waals surface area (Å²) in [6.45, 7) is 1.94. The molecule has 0 aliphatic carbocycles. The minimum atomic E-state index is -0.907. The Morgan fingerprint density at radius 3 is 2.08 bits per heavy atom. The van der Waals surface area contributed by atoms with Gasteiger partial charge in [-0.25, -0.2) is 0 Å². The number of rotatable bonds is 6. The Balaban J connectivity index is 1.62. The van der Waals surface area contributed by atoms with Crippen LogP contribution in [0.4, 0.5) is 0 Å². The summed E-state index contributed by atoms with van der Waals surface area (Å²) in [5.41, 5.74) is 2.12. The van der Waals surface area contributed by atoms with Crippen LogP contribution in [-0.4, -0.2) is 35.0 Å². The van der Waals surface area contributed by atoms with Gasteiger partial charge in [0.1, 0.15) is 0 Å². The molecule has 2 aromatic rings. The molecule has 1 aliphatic heterocycles. The van der Waals surface area contributed by atoms with Crippen LogP contribution >= 0.6 is 0 Å². The van der Waals surface area contributed by atoms with Gasteiger partial charge in [0.05, 0.1) is 11.8 Å². The van der Waals surface area contributed by atoms with Gasteiger partial charge in [-0.15, -0.1) is 0 Å². The third-order valence-corrected chi connectivity index (χ3v) is 4.61. The molecule has 1 amide bonds. The van der Waals surface area contributed by atoms with E-state index in [4.69, 9.17) is 0 Å². The molecule has 1 heterocycles. The van der Waals surface area contributed by atoms with Gasteiger partial charge < -0.3 is 10.4 Å². The molecule has 0 unspecified atom stereocenters. The molecule has 0 bridgehead atoms. The Morgan fingerprint density at radius 2 is 1.48 bits per heavy atom. The zero-order valence-corrected chi connectivity index (χ0v) is 14.0. The smallest absolute Gasteiger partial charge is 0.308 e. The summed E-state index contributed by atoms with van der Waals surface area (Å²) in [6, 6.07) is 19.5. The van der Waals surface area contributed by atoms with E-state index in [9.17, 15) is 14.7 Å². The number of nitrogens with one attached hydrogen (secondary N) is 1. The topological polar surface area (TPSA) is 69.6 Å². The molecular formula is C20H22N2O3. The van der Waals surface area contributed by atoms with Gasteiger partial charge in [0.2, 0.25) is 5.91 Å². The lowest BCUT2D eigenvalue weighted by molar-refractivity contribution is -0.145. The van der Waals surface area contributed by atoms with Crippen LogP contribution in [0.5, 0.6) is 0 Å². The van der Waals surface area contributed by atoms with E-state index in [1.807, 2.05) is 65.6 Å². The maximum atomic E-state index is 12.5. The van der Waals surface area contributed by atoms with Crippen molar-refractivity contribution in [3.8, 4) is 0 Å². The molecule has 0 radical (unpaired) electrons. The second-order valence-electron chi connectivity index (χ2n) is 6.43. The van der Waals surface area contributed by atoms with Crippen LogP contribution < -0.4 is 5.32 Å². The zero-order chi connectivity index (χ0) is 17.6. The summed E-state index contributed by atoms with van der Waals surface area (Å²) in [4.78, 5) is 26.2. The first-order valence-electron chi connectivity index (χ1n) is 8.44. The maximum Gasteiger partial charge on any atom is 0.308 e. The summed E-state index contributed by atoms with van der Waals surface area (Å²) >= 11 is 0. The Kier molecular flexibility index (Phi) is 5.46. The lowest BCUT2D eigenvalue weighted by atomic mass is 9.95. The molecule has 25 heavy (non-hydrogen) atoms. The van der Waals surface area contributed by atoms with E-state index in [1.165, 1.54) is 0 Å². The fraction of sp³-hybridized carbons (Fsp3) is 0.300. The number of amides is 1. The summed E-state index contributed by atoms with van der Waals surface area (Å²) in [6.07, 6.45) is 0. The average Bonchev–Trinajstić information content (AvgIpc) is 3.06. The van der Waals surface area contributed by atoms with Gasteiger partial charge in [0.25, 0.3) is 0 Å². The minimum Gasteiger partial charge on any atom is -0.481 e. The van der Waals surface area contributed by atoms with Crippen molar-refractivity contribution in [3.63, 3.8) is 0 Å². The molecule has 5 heteroatoms. The van der Waals surface area contributed by atoms with E-state index >= 15 is 0 Å². The first-order chi connectivity index (χ1) is 12.1. The largest absolute Gasteiger partial charge is 0.481 e. The van der Waals surface area contributed by atoms with Crippen molar-refractivity contribution in [2.75, 3.05) is 13.1 Å². The lowest BCUT2D eigenvalue weighted by Gasteiger charge is -2.16. The van der Waals surface area contributed by atoms with Crippen LogP contribution in [0.2, 0.25) is 0 Å². The predicted octanol–water partition coefficient (Wildman–Crippen LogP) is 2.14. The van der Waals surface area contributed by atoms with Gasteiger partial charge in [0, 0.05) is 26.2 Å². The molecule has 0 saturated carbocycles. The molecular weight excluding hydrogens is 316 g/mol. The first-order valence-corrected chi connectivity index (χ1v) is 8.44. The molecule has 0 aromatic heterocycles. The van der Waals surface area contributed by atoms with Gasteiger partial charge in [-0.3, -0.25) is 14.5 Å². The van der Waals surface area contributed by atoms with E-state index < -0.39 is 17.8 Å². The van der Waals surface area contributed by atoms with E-state index in [1.54, 1.807) is 0 Å². The first kappa shape index (κ1) is 17.2. The molecule has 1 aliphatic rings. The van der Waals surface area contributed by atoms with Crippen molar-refractivity contribution in [2.45, 2.75) is 13.1 Å². The molecule has 2 N–H and O–H groups in total. The van der Waals surface area contributed by atoms with E-state index in [0.717, 1.165) is 11.1 Å². The van der Waals surface area contributed by atoms with Crippen molar-refractivity contribution < 1.29 is 14.7 Å². The molecule has 3 rings (SSSR count). The highest BCUT2D eigenvalue weighted by molar-refractivity contribution is 5.85. The van der Waals surface area contributed by atoms with Crippen LogP contribution in [0.1, 0.15) is 11.1 Å². The molecule has 0 spiro atoms. The lowest BCUT2D eigenvalue weighted by Crippen LogP contribution is -2.37. The summed E-state index contributed by atoms with van der Waals surface area (Å²) < 4.78 is 0. The number of aliphatic carboxylic acids is 1. The third kappa shape index (κ3) is 4.45. The fourth-order valence-corrected chi connectivity index (χ4v) is 3.29. The quantitative estimate of drug-likeness (QED) is 0.847. The number of hydrogen-bond acceptors (Lipinski definition) is 3. The van der Waals surface area contributed by atoms with Gasteiger partial charge in [-0.1, -0.05) is 60.7 Å². The van der Waals surface area contributed by atoms with Crippen molar-refractivity contribution >= 4 is 11.9 Å². The van der Waals surface area contributed by atoms with E-state index in [-0.39, 0.29) is 5.91 Å². The predicted molar refractivity (Wildman–Crippen MR) is 94.6 cm³/mol. The van der Waals surface area contributed by atoms with Crippen LogP contribution in [-0.2, 0) is 22.7 Å². The second-order valence-corrected chi connectivity index (χ2v) is 6.43. The number of nitrogens with zero attached hydrogens (tertiary/aromatic N) is 1. The summed E-state index contributed by atoms with van der Waals surface area (Å²) in [5, 5.41) is 12.4. The number of likely N-dealkylation sites (tertiary alicyclic amines) is 1. The monoisotopic (exact) mass is 338 g/mol. The van der Waals surface area contributed by atoms with Crippen LogP contribution in [0, 0.1) is 11.8 Å². The van der Waals surface area contributed by atoms with Crippen molar-refractivity contribution in [3.05, 3.63) is 71.8 Å². The third-order valence-electron chi connectivity index (χ3n) is 4.61. The number of carbonyl (C=O) groups excluding carboxylic acids is 1. The van der Waals surface area contributed by atoms with Gasteiger partial charge in [0.15, 0.2) is 0 Å². The van der Waals surface area contributed by atoms with Crippen LogP contribution in [0.25, 0.3) is 0 Å². The second kappa shape index (κ2) is 7.94. The van der Waals surface area contributed by atoms with Crippen molar-refractivity contribution in [2.24, 2.45) is 11.8 Å². The van der Waals surface area contributed by atoms with Crippen LogP contribution in [0.3, 0.4) is 0 Å². The molecule has 2 aromatic carbocycles. The highest BCUT2D eigenvalue weighted by Crippen LogP contribution is 2.25. The molecule has 2 atom stereocenters. The molecule has 1 saturated heterocycles. The molecule has 1 fully saturated rings. The number of carboxylic acid groups (broad SMARTS) is 1.